The lowest BCUT2D eigenvalue weighted by Gasteiger charge is -2.03. The first-order valence-corrected chi connectivity index (χ1v) is 6.87. The highest BCUT2D eigenvalue weighted by Crippen LogP contribution is 2.16. The Kier molecular flexibility index (Phi) is 4.20. The van der Waals surface area contributed by atoms with Crippen molar-refractivity contribution >= 4 is 22.1 Å². The first-order valence-electron chi connectivity index (χ1n) is 4.64. The van der Waals surface area contributed by atoms with Crippen molar-refractivity contribution < 1.29 is 17.2 Å². The molecule has 1 aromatic heterocycles. The van der Waals surface area contributed by atoms with Gasteiger partial charge in [-0.25, -0.2) is 17.2 Å². The summed E-state index contributed by atoms with van der Waals surface area (Å²) in [6.45, 7) is 1.61. The summed E-state index contributed by atoms with van der Waals surface area (Å²) < 4.78 is 48.4. The van der Waals surface area contributed by atoms with E-state index >= 15 is 0 Å². The number of hydrogen-bond acceptors (Lipinski definition) is 3. The number of aromatic nitrogens is 2. The fourth-order valence-electron chi connectivity index (χ4n) is 1.11. The number of hydrogen-bond donors (Lipinski definition) is 1. The van der Waals surface area contributed by atoms with Crippen molar-refractivity contribution in [2.24, 2.45) is 0 Å². The highest BCUT2D eigenvalue weighted by atomic mass is 32.2. The fraction of sp³-hybridized carbons (Fsp3) is 0.625. The highest BCUT2D eigenvalue weighted by Gasteiger charge is 2.12. The molecule has 16 heavy (non-hydrogen) atoms. The Bertz CT molecular complexity index is 504. The molecule has 1 N–H and O–H groups in total. The van der Waals surface area contributed by atoms with E-state index in [0.29, 0.717) is 0 Å². The molecule has 0 aliphatic carbocycles. The van der Waals surface area contributed by atoms with Crippen molar-refractivity contribution in [1.29, 1.82) is 0 Å². The van der Waals surface area contributed by atoms with E-state index in [1.165, 1.54) is 11.6 Å². The minimum Gasteiger partial charge on any atom is -0.296 e. The second kappa shape index (κ2) is 5.05. The van der Waals surface area contributed by atoms with Crippen LogP contribution in [-0.4, -0.2) is 29.7 Å². The molecule has 0 aromatic carbocycles. The van der Waals surface area contributed by atoms with Crippen LogP contribution >= 0.6 is 12.2 Å². The van der Waals surface area contributed by atoms with Crippen molar-refractivity contribution in [3.05, 3.63) is 16.4 Å². The fourth-order valence-corrected chi connectivity index (χ4v) is 2.12. The maximum atomic E-state index is 12.3. The number of sulfone groups is 1. The average molecular weight is 270 g/mol. The van der Waals surface area contributed by atoms with Gasteiger partial charge in [-0.05, 0) is 0 Å². The van der Waals surface area contributed by atoms with Crippen LogP contribution in [0, 0.1) is 4.64 Å². The molecule has 1 aromatic rings. The monoisotopic (exact) mass is 270 g/mol. The van der Waals surface area contributed by atoms with Crippen molar-refractivity contribution in [2.75, 3.05) is 11.5 Å². The molecule has 0 fully saturated rings. The lowest BCUT2D eigenvalue weighted by atomic mass is 10.5. The number of nitrogens with zero attached hydrogens (tertiary/aromatic N) is 1. The topological polar surface area (TPSA) is 54.9 Å². The number of aryl methyl sites for hydroxylation is 1. The molecule has 1 heterocycles. The van der Waals surface area contributed by atoms with Gasteiger partial charge in [-0.15, -0.1) is 0 Å². The van der Waals surface area contributed by atoms with E-state index in [0.717, 1.165) is 6.07 Å². The zero-order valence-corrected chi connectivity index (χ0v) is 10.2. The number of alkyl halides is 2. The quantitative estimate of drug-likeness (QED) is 0.832. The Morgan fingerprint density at radius 2 is 2.19 bits per heavy atom. The molecule has 0 radical (unpaired) electrons. The number of aromatic amines is 1. The van der Waals surface area contributed by atoms with E-state index < -0.39 is 16.3 Å². The first kappa shape index (κ1) is 13.3. The van der Waals surface area contributed by atoms with Crippen LogP contribution in [0.2, 0.25) is 0 Å². The molecule has 0 aliphatic heterocycles. The molecular formula is C8H12F2N2O2S2. The Balaban J connectivity index is 2.79. The summed E-state index contributed by atoms with van der Waals surface area (Å²) in [7, 11) is -3.12. The third-order valence-corrected chi connectivity index (χ3v) is 4.13. The molecule has 0 amide bonds. The number of nitrogens with one attached hydrogen (secondary N) is 1. The maximum absolute atomic E-state index is 12.3. The third-order valence-electron chi connectivity index (χ3n) is 2.11. The molecule has 0 bridgehead atoms. The van der Waals surface area contributed by atoms with E-state index in [4.69, 9.17) is 12.2 Å². The number of H-pyrrole nitrogens is 1. The summed E-state index contributed by atoms with van der Waals surface area (Å²) in [5, 5.41) is 2.38. The normalized spacial score (nSPS) is 12.2. The predicted molar refractivity (Wildman–Crippen MR) is 58.9 cm³/mol. The van der Waals surface area contributed by atoms with Crippen LogP contribution in [0.3, 0.4) is 0 Å². The minimum absolute atomic E-state index is 0.0305. The van der Waals surface area contributed by atoms with Crippen LogP contribution in [0.4, 0.5) is 8.78 Å². The molecule has 1 rings (SSSR count). The highest BCUT2D eigenvalue weighted by molar-refractivity contribution is 7.91. The average Bonchev–Trinajstić information content (AvgIpc) is 2.57. The van der Waals surface area contributed by atoms with Gasteiger partial charge in [0, 0.05) is 11.8 Å². The second-order valence-corrected chi connectivity index (χ2v) is 6.13. The number of halogens is 2. The van der Waals surface area contributed by atoms with Gasteiger partial charge in [-0.1, -0.05) is 19.1 Å². The molecule has 0 spiro atoms. The molecular weight excluding hydrogens is 258 g/mol. The summed E-state index contributed by atoms with van der Waals surface area (Å²) in [5.41, 5.74) is -0.293. The Morgan fingerprint density at radius 1 is 1.56 bits per heavy atom. The summed E-state index contributed by atoms with van der Waals surface area (Å²) in [6.07, 6.45) is -2.63. The van der Waals surface area contributed by atoms with Gasteiger partial charge >= 0.3 is 0 Å². The van der Waals surface area contributed by atoms with Gasteiger partial charge in [-0.3, -0.25) is 9.78 Å². The summed E-state index contributed by atoms with van der Waals surface area (Å²) >= 11 is 4.82. The Labute approximate surface area is 97.2 Å². The maximum Gasteiger partial charge on any atom is 0.279 e. The van der Waals surface area contributed by atoms with Crippen LogP contribution in [0.15, 0.2) is 6.07 Å². The zero-order chi connectivity index (χ0) is 12.3. The molecule has 0 atom stereocenters. The van der Waals surface area contributed by atoms with Crippen molar-refractivity contribution in [3.8, 4) is 0 Å². The van der Waals surface area contributed by atoms with Gasteiger partial charge in [0.25, 0.3) is 6.43 Å². The lowest BCUT2D eigenvalue weighted by molar-refractivity contribution is 0.145. The van der Waals surface area contributed by atoms with Gasteiger partial charge in [0.15, 0.2) is 9.84 Å². The second-order valence-electron chi connectivity index (χ2n) is 3.24. The van der Waals surface area contributed by atoms with Gasteiger partial charge in [-0.2, -0.15) is 0 Å². The summed E-state index contributed by atoms with van der Waals surface area (Å²) in [4.78, 5) is 0. The van der Waals surface area contributed by atoms with E-state index in [2.05, 4.69) is 5.10 Å². The van der Waals surface area contributed by atoms with Crippen molar-refractivity contribution in [3.63, 3.8) is 0 Å². The minimum atomic E-state index is -3.12. The van der Waals surface area contributed by atoms with Crippen LogP contribution in [0.25, 0.3) is 0 Å². The Morgan fingerprint density at radius 3 is 2.62 bits per heavy atom. The van der Waals surface area contributed by atoms with E-state index in [-0.39, 0.29) is 28.4 Å². The van der Waals surface area contributed by atoms with E-state index in [1.54, 1.807) is 0 Å². The van der Waals surface area contributed by atoms with Crippen molar-refractivity contribution in [1.82, 2.24) is 9.78 Å². The standard InChI is InChI=1S/C8H12F2N2O2S2/c1-2-16(13,14)4-3-12-7(15)5-6(11-12)8(9)10/h5,8,11H,2-4H2,1H3. The molecule has 8 heteroatoms. The Hall–Kier alpha value is -0.760. The first-order chi connectivity index (χ1) is 7.35. The molecule has 0 unspecified atom stereocenters. The van der Waals surface area contributed by atoms with Crippen LogP contribution in [0.5, 0.6) is 0 Å². The van der Waals surface area contributed by atoms with E-state index in [9.17, 15) is 17.2 Å². The molecule has 0 saturated heterocycles. The van der Waals surface area contributed by atoms with Gasteiger partial charge in [0.1, 0.15) is 10.3 Å². The molecule has 92 valence electrons. The zero-order valence-electron chi connectivity index (χ0n) is 8.61. The molecule has 0 saturated carbocycles. The van der Waals surface area contributed by atoms with Crippen molar-refractivity contribution in [2.45, 2.75) is 19.9 Å². The van der Waals surface area contributed by atoms with Crippen LogP contribution in [0.1, 0.15) is 19.0 Å². The molecule has 4 nitrogen and oxygen atoms in total. The van der Waals surface area contributed by atoms with Gasteiger partial charge in [0.2, 0.25) is 0 Å². The third kappa shape index (κ3) is 3.38. The van der Waals surface area contributed by atoms with E-state index in [1.807, 2.05) is 0 Å². The smallest absolute Gasteiger partial charge is 0.279 e. The SMILES string of the molecule is CCS(=O)(=O)CCn1[nH]c(C(F)F)cc1=S. The van der Waals surface area contributed by atoms with Crippen LogP contribution in [-0.2, 0) is 16.4 Å². The van der Waals surface area contributed by atoms with Gasteiger partial charge < -0.3 is 0 Å². The largest absolute Gasteiger partial charge is 0.296 e. The van der Waals surface area contributed by atoms with Gasteiger partial charge in [0.05, 0.1) is 12.3 Å². The van der Waals surface area contributed by atoms with Crippen LogP contribution < -0.4 is 0 Å². The lowest BCUT2D eigenvalue weighted by Crippen LogP contribution is -2.15. The molecule has 0 aliphatic rings. The predicted octanol–water partition coefficient (Wildman–Crippen LogP) is 1.92. The summed E-state index contributed by atoms with van der Waals surface area (Å²) in [6, 6.07) is 1.14. The number of rotatable bonds is 5. The summed E-state index contributed by atoms with van der Waals surface area (Å²) in [5.74, 6) is -0.0796.